The maximum absolute atomic E-state index is 11.9. The number of carbonyl (C=O) groups excluding carboxylic acids is 1. The molecule has 0 saturated carbocycles. The Morgan fingerprint density at radius 1 is 1.16 bits per heavy atom. The van der Waals surface area contributed by atoms with Crippen LogP contribution in [0.15, 0.2) is 34.0 Å². The van der Waals surface area contributed by atoms with Crippen LogP contribution in [0.2, 0.25) is 10.0 Å². The first-order chi connectivity index (χ1) is 8.99. The Morgan fingerprint density at radius 2 is 1.79 bits per heavy atom. The Labute approximate surface area is 116 Å². The number of benzene rings is 1. The van der Waals surface area contributed by atoms with Gasteiger partial charge in [0.15, 0.2) is 0 Å². The molecular weight excluding hydrogens is 293 g/mol. The number of rotatable bonds is 2. The smallest absolute Gasteiger partial charge is 0.319 e. The van der Waals surface area contributed by atoms with Crippen LogP contribution in [-0.4, -0.2) is 15.9 Å². The Bertz CT molecular complexity index is 731. The van der Waals surface area contributed by atoms with E-state index >= 15 is 0 Å². The van der Waals surface area contributed by atoms with E-state index in [4.69, 9.17) is 23.2 Å². The minimum atomic E-state index is -0.801. The van der Waals surface area contributed by atoms with E-state index in [9.17, 15) is 14.4 Å². The van der Waals surface area contributed by atoms with Gasteiger partial charge in [-0.15, -0.1) is 0 Å². The summed E-state index contributed by atoms with van der Waals surface area (Å²) in [5.41, 5.74) is -1.56. The third kappa shape index (κ3) is 2.86. The molecule has 6 nitrogen and oxygen atoms in total. The van der Waals surface area contributed by atoms with Gasteiger partial charge in [-0.3, -0.25) is 14.6 Å². The second-order valence-electron chi connectivity index (χ2n) is 3.54. The second kappa shape index (κ2) is 5.29. The molecule has 2 aromatic rings. The fourth-order valence-corrected chi connectivity index (χ4v) is 1.87. The van der Waals surface area contributed by atoms with Crippen molar-refractivity contribution >= 4 is 34.8 Å². The van der Waals surface area contributed by atoms with Gasteiger partial charge in [0, 0.05) is 6.20 Å². The SMILES string of the molecule is O=C(Nc1c(Cl)cccc1Cl)c1c[nH]c(=O)[nH]c1=O. The number of amides is 1. The zero-order chi connectivity index (χ0) is 14.0. The zero-order valence-electron chi connectivity index (χ0n) is 9.29. The van der Waals surface area contributed by atoms with E-state index in [0.717, 1.165) is 6.20 Å². The largest absolute Gasteiger partial charge is 0.325 e. The van der Waals surface area contributed by atoms with Gasteiger partial charge in [0.2, 0.25) is 0 Å². The highest BCUT2D eigenvalue weighted by molar-refractivity contribution is 6.40. The number of aromatic nitrogens is 2. The van der Waals surface area contributed by atoms with Gasteiger partial charge in [0.05, 0.1) is 15.7 Å². The van der Waals surface area contributed by atoms with Crippen LogP contribution in [0.25, 0.3) is 0 Å². The van der Waals surface area contributed by atoms with Gasteiger partial charge in [-0.1, -0.05) is 29.3 Å². The Morgan fingerprint density at radius 3 is 2.37 bits per heavy atom. The number of H-pyrrole nitrogens is 2. The molecule has 1 aromatic carbocycles. The van der Waals surface area contributed by atoms with Crippen molar-refractivity contribution in [1.82, 2.24) is 9.97 Å². The van der Waals surface area contributed by atoms with Crippen molar-refractivity contribution in [2.75, 3.05) is 5.32 Å². The van der Waals surface area contributed by atoms with Crippen molar-refractivity contribution in [1.29, 1.82) is 0 Å². The molecule has 0 atom stereocenters. The van der Waals surface area contributed by atoms with Gasteiger partial charge in [-0.2, -0.15) is 0 Å². The number of anilines is 1. The van der Waals surface area contributed by atoms with Crippen molar-refractivity contribution in [2.45, 2.75) is 0 Å². The molecule has 1 amide bonds. The summed E-state index contributed by atoms with van der Waals surface area (Å²) in [6, 6.07) is 4.70. The van der Waals surface area contributed by atoms with Crippen LogP contribution in [0.5, 0.6) is 0 Å². The first kappa shape index (κ1) is 13.4. The van der Waals surface area contributed by atoms with Crippen molar-refractivity contribution in [3.63, 3.8) is 0 Å². The molecule has 98 valence electrons. The van der Waals surface area contributed by atoms with Crippen LogP contribution in [0.4, 0.5) is 5.69 Å². The molecule has 3 N–H and O–H groups in total. The molecule has 0 aliphatic rings. The number of para-hydroxylation sites is 1. The predicted octanol–water partition coefficient (Wildman–Crippen LogP) is 1.62. The van der Waals surface area contributed by atoms with E-state index in [1.165, 1.54) is 0 Å². The molecule has 8 heteroatoms. The molecule has 1 aromatic heterocycles. The molecule has 1 heterocycles. The second-order valence-corrected chi connectivity index (χ2v) is 4.35. The molecule has 2 rings (SSSR count). The number of hydrogen-bond acceptors (Lipinski definition) is 3. The average molecular weight is 300 g/mol. The van der Waals surface area contributed by atoms with Gasteiger partial charge in [0.25, 0.3) is 11.5 Å². The fraction of sp³-hybridized carbons (Fsp3) is 0. The molecule has 0 spiro atoms. The number of nitrogens with one attached hydrogen (secondary N) is 3. The summed E-state index contributed by atoms with van der Waals surface area (Å²) in [5.74, 6) is -0.729. The minimum Gasteiger partial charge on any atom is -0.319 e. The molecule has 0 unspecified atom stereocenters. The van der Waals surface area contributed by atoms with Gasteiger partial charge in [0.1, 0.15) is 5.56 Å². The molecule has 0 bridgehead atoms. The summed E-state index contributed by atoms with van der Waals surface area (Å²) in [7, 11) is 0. The zero-order valence-corrected chi connectivity index (χ0v) is 10.8. The summed E-state index contributed by atoms with van der Waals surface area (Å²) in [6.07, 6.45) is 1.02. The highest BCUT2D eigenvalue weighted by Crippen LogP contribution is 2.29. The lowest BCUT2D eigenvalue weighted by Crippen LogP contribution is -2.29. The van der Waals surface area contributed by atoms with Crippen molar-refractivity contribution in [2.24, 2.45) is 0 Å². The fourth-order valence-electron chi connectivity index (χ4n) is 1.38. The molecule has 0 aliphatic heterocycles. The summed E-state index contributed by atoms with van der Waals surface area (Å²) in [4.78, 5) is 38.3. The molecular formula is C11H7Cl2N3O3. The topological polar surface area (TPSA) is 94.8 Å². The normalized spacial score (nSPS) is 10.2. The standard InChI is InChI=1S/C11H7Cl2N3O3/c12-6-2-1-3-7(13)8(6)15-9(17)5-4-14-11(19)16-10(5)18/h1-4H,(H,15,17)(H2,14,16,18,19). The first-order valence-electron chi connectivity index (χ1n) is 5.06. The van der Waals surface area contributed by atoms with E-state index in [1.807, 2.05) is 4.98 Å². The summed E-state index contributed by atoms with van der Waals surface area (Å²) in [5, 5.41) is 2.89. The molecule has 19 heavy (non-hydrogen) atoms. The molecule has 0 aliphatic carbocycles. The first-order valence-corrected chi connectivity index (χ1v) is 5.82. The molecule has 0 radical (unpaired) electrons. The number of aromatic amines is 2. The quantitative estimate of drug-likeness (QED) is 0.786. The maximum Gasteiger partial charge on any atom is 0.325 e. The monoisotopic (exact) mass is 299 g/mol. The van der Waals surface area contributed by atoms with Gasteiger partial charge in [-0.25, -0.2) is 4.79 Å². The number of carbonyl (C=O) groups is 1. The summed E-state index contributed by atoms with van der Waals surface area (Å²) in [6.45, 7) is 0. The third-order valence-electron chi connectivity index (χ3n) is 2.27. The lowest BCUT2D eigenvalue weighted by Gasteiger charge is -2.08. The van der Waals surface area contributed by atoms with Crippen molar-refractivity contribution in [3.05, 3.63) is 60.8 Å². The van der Waals surface area contributed by atoms with Gasteiger partial charge < -0.3 is 10.3 Å². The van der Waals surface area contributed by atoms with Crippen molar-refractivity contribution in [3.8, 4) is 0 Å². The molecule has 0 fully saturated rings. The van der Waals surface area contributed by atoms with Crippen LogP contribution in [0.3, 0.4) is 0 Å². The third-order valence-corrected chi connectivity index (χ3v) is 2.90. The highest BCUT2D eigenvalue weighted by Gasteiger charge is 2.14. The van der Waals surface area contributed by atoms with Crippen LogP contribution >= 0.6 is 23.2 Å². The van der Waals surface area contributed by atoms with E-state index in [1.54, 1.807) is 18.2 Å². The van der Waals surface area contributed by atoms with Gasteiger partial charge in [-0.05, 0) is 12.1 Å². The lowest BCUT2D eigenvalue weighted by atomic mass is 10.2. The van der Waals surface area contributed by atoms with Crippen LogP contribution in [-0.2, 0) is 0 Å². The lowest BCUT2D eigenvalue weighted by molar-refractivity contribution is 0.102. The summed E-state index contributed by atoms with van der Waals surface area (Å²) >= 11 is 11.8. The number of hydrogen-bond donors (Lipinski definition) is 3. The highest BCUT2D eigenvalue weighted by atomic mass is 35.5. The Hall–Kier alpha value is -2.05. The van der Waals surface area contributed by atoms with E-state index in [2.05, 4.69) is 10.3 Å². The van der Waals surface area contributed by atoms with Crippen LogP contribution in [0, 0.1) is 0 Å². The Kier molecular flexibility index (Phi) is 3.73. The van der Waals surface area contributed by atoms with Gasteiger partial charge >= 0.3 is 5.69 Å². The van der Waals surface area contributed by atoms with Crippen LogP contribution < -0.4 is 16.6 Å². The average Bonchev–Trinajstić information content (AvgIpc) is 2.33. The number of halogens is 2. The summed E-state index contributed by atoms with van der Waals surface area (Å²) < 4.78 is 0. The van der Waals surface area contributed by atoms with Crippen LogP contribution in [0.1, 0.15) is 10.4 Å². The molecule has 0 saturated heterocycles. The predicted molar refractivity (Wildman–Crippen MR) is 72.1 cm³/mol. The van der Waals surface area contributed by atoms with E-state index in [0.29, 0.717) is 0 Å². The van der Waals surface area contributed by atoms with E-state index in [-0.39, 0.29) is 21.3 Å². The Balaban J connectivity index is 2.36. The maximum atomic E-state index is 11.9. The van der Waals surface area contributed by atoms with Crippen molar-refractivity contribution < 1.29 is 4.79 Å². The van der Waals surface area contributed by atoms with E-state index < -0.39 is 17.2 Å². The minimum absolute atomic E-state index is 0.196.